The molecule has 0 N–H and O–H groups in total. The van der Waals surface area contributed by atoms with Gasteiger partial charge in [0.1, 0.15) is 5.75 Å². The molecule has 3 rings (SSSR count). The van der Waals surface area contributed by atoms with E-state index in [9.17, 15) is 13.2 Å². The summed E-state index contributed by atoms with van der Waals surface area (Å²) in [6.45, 7) is 2.16. The van der Waals surface area contributed by atoms with E-state index in [4.69, 9.17) is 0 Å². The van der Waals surface area contributed by atoms with Gasteiger partial charge in [0.15, 0.2) is 0 Å². The van der Waals surface area contributed by atoms with Crippen LogP contribution in [-0.2, 0) is 6.42 Å². The second-order valence-electron chi connectivity index (χ2n) is 5.63. The standard InChI is InChI=1S/C19H17F3O/c1-2-13-4-3-5-16-12-15(8-11-18(13)16)14-6-9-17(10-7-14)23-19(20,21)22/h3-4,6-13H,2,5H2,1H3. The molecule has 0 fully saturated rings. The van der Waals surface area contributed by atoms with Crippen LogP contribution in [-0.4, -0.2) is 6.36 Å². The van der Waals surface area contributed by atoms with Crippen molar-refractivity contribution in [2.75, 3.05) is 0 Å². The van der Waals surface area contributed by atoms with Crippen LogP contribution in [0, 0.1) is 0 Å². The van der Waals surface area contributed by atoms with E-state index in [0.29, 0.717) is 5.92 Å². The molecule has 4 heteroatoms. The highest BCUT2D eigenvalue weighted by Crippen LogP contribution is 2.33. The van der Waals surface area contributed by atoms with Gasteiger partial charge < -0.3 is 4.74 Å². The van der Waals surface area contributed by atoms with Gasteiger partial charge in [0.25, 0.3) is 0 Å². The summed E-state index contributed by atoms with van der Waals surface area (Å²) in [6, 6.07) is 12.3. The number of alkyl halides is 3. The van der Waals surface area contributed by atoms with Gasteiger partial charge in [-0.05, 0) is 47.2 Å². The average Bonchev–Trinajstić information content (AvgIpc) is 2.53. The minimum Gasteiger partial charge on any atom is -0.406 e. The monoisotopic (exact) mass is 318 g/mol. The Morgan fingerprint density at radius 1 is 1.04 bits per heavy atom. The van der Waals surface area contributed by atoms with Gasteiger partial charge in [-0.15, -0.1) is 13.2 Å². The van der Waals surface area contributed by atoms with Crippen LogP contribution in [0.1, 0.15) is 30.4 Å². The molecule has 1 atom stereocenters. The van der Waals surface area contributed by atoms with Gasteiger partial charge in [0, 0.05) is 5.92 Å². The van der Waals surface area contributed by atoms with E-state index < -0.39 is 6.36 Å². The molecule has 1 nitrogen and oxygen atoms in total. The summed E-state index contributed by atoms with van der Waals surface area (Å²) in [6.07, 6.45) is 1.72. The first-order chi connectivity index (χ1) is 11.0. The number of ether oxygens (including phenoxy) is 1. The fourth-order valence-electron chi connectivity index (χ4n) is 2.99. The van der Waals surface area contributed by atoms with Crippen LogP contribution in [0.5, 0.6) is 5.75 Å². The lowest BCUT2D eigenvalue weighted by atomic mass is 9.84. The SMILES string of the molecule is CCC1C=CCc2cc(-c3ccc(OC(F)(F)F)cc3)ccc21. The first-order valence-corrected chi connectivity index (χ1v) is 7.62. The number of benzene rings is 2. The number of hydrogen-bond donors (Lipinski definition) is 0. The van der Waals surface area contributed by atoms with Gasteiger partial charge in [-0.3, -0.25) is 0 Å². The lowest BCUT2D eigenvalue weighted by Gasteiger charge is -2.20. The minimum atomic E-state index is -4.66. The predicted molar refractivity (Wildman–Crippen MR) is 84.4 cm³/mol. The van der Waals surface area contributed by atoms with E-state index in [1.807, 2.05) is 6.07 Å². The molecule has 1 aliphatic rings. The number of hydrogen-bond acceptors (Lipinski definition) is 1. The molecule has 120 valence electrons. The molecule has 2 aromatic rings. The molecule has 0 bridgehead atoms. The fourth-order valence-corrected chi connectivity index (χ4v) is 2.99. The van der Waals surface area contributed by atoms with E-state index in [1.54, 1.807) is 12.1 Å². The molecule has 2 aromatic carbocycles. The Balaban J connectivity index is 1.86. The Bertz CT molecular complexity index is 714. The maximum absolute atomic E-state index is 12.2. The van der Waals surface area contributed by atoms with Crippen LogP contribution < -0.4 is 4.74 Å². The lowest BCUT2D eigenvalue weighted by molar-refractivity contribution is -0.274. The molecule has 0 radical (unpaired) electrons. The largest absolute Gasteiger partial charge is 0.573 e. The molecular formula is C19H17F3O. The predicted octanol–water partition coefficient (Wildman–Crippen LogP) is 5.86. The van der Waals surface area contributed by atoms with Crippen molar-refractivity contribution in [3.05, 3.63) is 65.7 Å². The third-order valence-corrected chi connectivity index (χ3v) is 4.11. The highest BCUT2D eigenvalue weighted by Gasteiger charge is 2.30. The Morgan fingerprint density at radius 3 is 2.39 bits per heavy atom. The Morgan fingerprint density at radius 2 is 1.74 bits per heavy atom. The van der Waals surface area contributed by atoms with Crippen molar-refractivity contribution in [2.45, 2.75) is 32.0 Å². The van der Waals surface area contributed by atoms with Crippen LogP contribution in [0.25, 0.3) is 11.1 Å². The molecule has 23 heavy (non-hydrogen) atoms. The summed E-state index contributed by atoms with van der Waals surface area (Å²) >= 11 is 0. The Hall–Kier alpha value is -2.23. The average molecular weight is 318 g/mol. The van der Waals surface area contributed by atoms with Crippen LogP contribution in [0.4, 0.5) is 13.2 Å². The Kier molecular flexibility index (Phi) is 4.16. The molecule has 0 saturated carbocycles. The third-order valence-electron chi connectivity index (χ3n) is 4.11. The van der Waals surface area contributed by atoms with Crippen LogP contribution in [0.15, 0.2) is 54.6 Å². The van der Waals surface area contributed by atoms with Gasteiger partial charge in [0.2, 0.25) is 0 Å². The summed E-state index contributed by atoms with van der Waals surface area (Å²) in [4.78, 5) is 0. The summed E-state index contributed by atoms with van der Waals surface area (Å²) in [5, 5.41) is 0. The van der Waals surface area contributed by atoms with Crippen molar-refractivity contribution < 1.29 is 17.9 Å². The molecule has 0 amide bonds. The second-order valence-corrected chi connectivity index (χ2v) is 5.63. The van der Waals surface area contributed by atoms with Crippen LogP contribution in [0.2, 0.25) is 0 Å². The summed E-state index contributed by atoms with van der Waals surface area (Å²) in [5.74, 6) is 0.253. The summed E-state index contributed by atoms with van der Waals surface area (Å²) in [7, 11) is 0. The highest BCUT2D eigenvalue weighted by molar-refractivity contribution is 5.66. The molecule has 0 heterocycles. The zero-order valence-corrected chi connectivity index (χ0v) is 12.7. The van der Waals surface area contributed by atoms with Crippen molar-refractivity contribution >= 4 is 0 Å². The number of halogens is 3. The topological polar surface area (TPSA) is 9.23 Å². The van der Waals surface area contributed by atoms with Gasteiger partial charge in [-0.2, -0.15) is 0 Å². The van der Waals surface area contributed by atoms with Crippen LogP contribution in [0.3, 0.4) is 0 Å². The molecule has 1 aliphatic carbocycles. The summed E-state index contributed by atoms with van der Waals surface area (Å²) in [5.41, 5.74) is 4.51. The maximum Gasteiger partial charge on any atom is 0.573 e. The van der Waals surface area contributed by atoms with E-state index in [2.05, 4.69) is 35.9 Å². The highest BCUT2D eigenvalue weighted by atomic mass is 19.4. The quantitative estimate of drug-likeness (QED) is 0.644. The number of rotatable bonds is 3. The van der Waals surface area contributed by atoms with E-state index >= 15 is 0 Å². The van der Waals surface area contributed by atoms with E-state index in [0.717, 1.165) is 24.0 Å². The molecule has 0 spiro atoms. The number of fused-ring (bicyclic) bond motifs is 1. The van der Waals surface area contributed by atoms with Crippen LogP contribution >= 0.6 is 0 Å². The third kappa shape index (κ3) is 3.58. The van der Waals surface area contributed by atoms with E-state index in [-0.39, 0.29) is 5.75 Å². The van der Waals surface area contributed by atoms with Crippen molar-refractivity contribution in [1.29, 1.82) is 0 Å². The molecule has 0 saturated heterocycles. The van der Waals surface area contributed by atoms with E-state index in [1.165, 1.54) is 23.3 Å². The second kappa shape index (κ2) is 6.11. The maximum atomic E-state index is 12.2. The van der Waals surface area contributed by atoms with Gasteiger partial charge in [-0.1, -0.05) is 49.4 Å². The van der Waals surface area contributed by atoms with Gasteiger partial charge in [-0.25, -0.2) is 0 Å². The normalized spacial score (nSPS) is 17.0. The fraction of sp³-hybridized carbons (Fsp3) is 0.263. The van der Waals surface area contributed by atoms with Crippen molar-refractivity contribution in [3.63, 3.8) is 0 Å². The molecule has 1 unspecified atom stereocenters. The Labute approximate surface area is 133 Å². The van der Waals surface area contributed by atoms with Crippen molar-refractivity contribution in [1.82, 2.24) is 0 Å². The van der Waals surface area contributed by atoms with Gasteiger partial charge in [0.05, 0.1) is 0 Å². The van der Waals surface area contributed by atoms with Crippen molar-refractivity contribution in [2.24, 2.45) is 0 Å². The van der Waals surface area contributed by atoms with Gasteiger partial charge >= 0.3 is 6.36 Å². The zero-order chi connectivity index (χ0) is 16.4. The van der Waals surface area contributed by atoms with Crippen molar-refractivity contribution in [3.8, 4) is 16.9 Å². The molecular weight excluding hydrogens is 301 g/mol. The smallest absolute Gasteiger partial charge is 0.406 e. The summed E-state index contributed by atoms with van der Waals surface area (Å²) < 4.78 is 40.5. The number of allylic oxidation sites excluding steroid dienone is 2. The minimum absolute atomic E-state index is 0.201. The first-order valence-electron chi connectivity index (χ1n) is 7.62. The first kappa shape index (κ1) is 15.7. The zero-order valence-electron chi connectivity index (χ0n) is 12.7. The lowest BCUT2D eigenvalue weighted by Crippen LogP contribution is -2.16. The molecule has 0 aliphatic heterocycles. The molecule has 0 aromatic heterocycles.